The molecular weight excluding hydrogens is 328 g/mol. The molecule has 0 bridgehead atoms. The van der Waals surface area contributed by atoms with Gasteiger partial charge in [-0.05, 0) is 31.2 Å². The molecule has 7 heteroatoms. The summed E-state index contributed by atoms with van der Waals surface area (Å²) >= 11 is 0. The molecule has 1 amide bonds. The number of ether oxygens (including phenoxy) is 1. The zero-order valence-corrected chi connectivity index (χ0v) is 14.0. The van der Waals surface area contributed by atoms with Crippen LogP contribution in [0.5, 0.6) is 0 Å². The van der Waals surface area contributed by atoms with Crippen LogP contribution < -0.4 is 9.62 Å². The van der Waals surface area contributed by atoms with E-state index in [9.17, 15) is 13.2 Å². The molecule has 0 aliphatic carbocycles. The van der Waals surface area contributed by atoms with Gasteiger partial charge in [-0.25, -0.2) is 17.9 Å². The maximum absolute atomic E-state index is 12.3. The summed E-state index contributed by atoms with van der Waals surface area (Å²) < 4.78 is 32.3. The van der Waals surface area contributed by atoms with Gasteiger partial charge in [-0.3, -0.25) is 4.90 Å². The zero-order valence-electron chi connectivity index (χ0n) is 13.2. The number of aryl methyl sites for hydroxylation is 1. The number of para-hydroxylation sites is 1. The maximum Gasteiger partial charge on any atom is 0.414 e. The molecule has 1 N–H and O–H groups in total. The van der Waals surface area contributed by atoms with Gasteiger partial charge < -0.3 is 4.74 Å². The number of benzene rings is 2. The minimum absolute atomic E-state index is 0.0330. The van der Waals surface area contributed by atoms with Crippen molar-refractivity contribution in [1.82, 2.24) is 4.72 Å². The van der Waals surface area contributed by atoms with Gasteiger partial charge in [0.25, 0.3) is 0 Å². The second-order valence-electron chi connectivity index (χ2n) is 5.62. The van der Waals surface area contributed by atoms with Crippen molar-refractivity contribution >= 4 is 21.8 Å². The molecule has 2 aromatic carbocycles. The van der Waals surface area contributed by atoms with Crippen molar-refractivity contribution in [3.05, 3.63) is 60.2 Å². The van der Waals surface area contributed by atoms with E-state index in [0.717, 1.165) is 11.3 Å². The second kappa shape index (κ2) is 6.62. The zero-order chi connectivity index (χ0) is 17.2. The lowest BCUT2D eigenvalue weighted by Crippen LogP contribution is -2.34. The first kappa shape index (κ1) is 16.5. The van der Waals surface area contributed by atoms with Gasteiger partial charge in [0.05, 0.1) is 11.4 Å². The van der Waals surface area contributed by atoms with E-state index in [1.54, 1.807) is 36.4 Å². The first-order valence-electron chi connectivity index (χ1n) is 7.55. The van der Waals surface area contributed by atoms with Crippen molar-refractivity contribution in [3.8, 4) is 0 Å². The Bertz CT molecular complexity index is 819. The van der Waals surface area contributed by atoms with Crippen LogP contribution in [0.4, 0.5) is 10.5 Å². The van der Waals surface area contributed by atoms with E-state index in [-0.39, 0.29) is 11.4 Å². The Balaban J connectivity index is 1.63. The largest absolute Gasteiger partial charge is 0.443 e. The number of hydrogen-bond acceptors (Lipinski definition) is 4. The molecule has 24 heavy (non-hydrogen) atoms. The summed E-state index contributed by atoms with van der Waals surface area (Å²) in [7, 11) is -3.62. The predicted octanol–water partition coefficient (Wildman–Crippen LogP) is 2.30. The average Bonchev–Trinajstić information content (AvgIpc) is 2.95. The molecule has 0 spiro atoms. The van der Waals surface area contributed by atoms with E-state index in [2.05, 4.69) is 4.72 Å². The number of hydrogen-bond donors (Lipinski definition) is 1. The Morgan fingerprint density at radius 1 is 1.12 bits per heavy atom. The predicted molar refractivity (Wildman–Crippen MR) is 90.4 cm³/mol. The molecule has 0 aromatic heterocycles. The van der Waals surface area contributed by atoms with Gasteiger partial charge in [-0.2, -0.15) is 0 Å². The van der Waals surface area contributed by atoms with Crippen molar-refractivity contribution in [2.75, 3.05) is 18.0 Å². The van der Waals surface area contributed by atoms with Crippen LogP contribution in [0.2, 0.25) is 0 Å². The fourth-order valence-electron chi connectivity index (χ4n) is 2.45. The van der Waals surface area contributed by atoms with Crippen molar-refractivity contribution in [3.63, 3.8) is 0 Å². The highest BCUT2D eigenvalue weighted by Crippen LogP contribution is 2.21. The SMILES string of the molecule is Cc1ccc(S(=O)(=O)NC[C@@H]2CN(c3ccccc3)C(=O)O2)cc1. The Morgan fingerprint density at radius 2 is 1.79 bits per heavy atom. The number of rotatable bonds is 5. The molecule has 1 atom stereocenters. The van der Waals surface area contributed by atoms with Gasteiger partial charge in [0.1, 0.15) is 6.10 Å². The number of sulfonamides is 1. The van der Waals surface area contributed by atoms with Gasteiger partial charge in [0.15, 0.2) is 0 Å². The number of anilines is 1. The number of cyclic esters (lactones) is 1. The summed E-state index contributed by atoms with van der Waals surface area (Å²) in [6.45, 7) is 2.23. The highest BCUT2D eigenvalue weighted by atomic mass is 32.2. The van der Waals surface area contributed by atoms with Crippen molar-refractivity contribution < 1.29 is 17.9 Å². The Labute approximate surface area is 141 Å². The highest BCUT2D eigenvalue weighted by molar-refractivity contribution is 7.89. The van der Waals surface area contributed by atoms with Crippen LogP contribution in [-0.2, 0) is 14.8 Å². The molecular formula is C17H18N2O4S. The van der Waals surface area contributed by atoms with Crippen LogP contribution in [0, 0.1) is 6.92 Å². The van der Waals surface area contributed by atoms with Crippen LogP contribution in [0.3, 0.4) is 0 Å². The number of carbonyl (C=O) groups excluding carboxylic acids is 1. The lowest BCUT2D eigenvalue weighted by Gasteiger charge is -2.13. The molecule has 126 valence electrons. The van der Waals surface area contributed by atoms with Crippen LogP contribution in [-0.4, -0.2) is 33.7 Å². The molecule has 1 heterocycles. The fourth-order valence-corrected chi connectivity index (χ4v) is 3.52. The summed E-state index contributed by atoms with van der Waals surface area (Å²) in [6.07, 6.45) is -1.00. The fraction of sp³-hybridized carbons (Fsp3) is 0.235. The molecule has 2 aromatic rings. The van der Waals surface area contributed by atoms with Crippen LogP contribution >= 0.6 is 0 Å². The average molecular weight is 346 g/mol. The quantitative estimate of drug-likeness (QED) is 0.901. The van der Waals surface area contributed by atoms with Gasteiger partial charge in [0, 0.05) is 12.2 Å². The van der Waals surface area contributed by atoms with E-state index in [1.165, 1.54) is 4.90 Å². The minimum atomic E-state index is -3.62. The minimum Gasteiger partial charge on any atom is -0.443 e. The molecule has 0 unspecified atom stereocenters. The Morgan fingerprint density at radius 3 is 2.46 bits per heavy atom. The summed E-state index contributed by atoms with van der Waals surface area (Å²) in [4.78, 5) is 13.6. The topological polar surface area (TPSA) is 75.7 Å². The summed E-state index contributed by atoms with van der Waals surface area (Å²) in [5, 5.41) is 0. The maximum atomic E-state index is 12.3. The molecule has 1 aliphatic heterocycles. The number of carbonyl (C=O) groups is 1. The van der Waals surface area contributed by atoms with Crippen LogP contribution in [0.25, 0.3) is 0 Å². The van der Waals surface area contributed by atoms with Crippen LogP contribution in [0.15, 0.2) is 59.5 Å². The van der Waals surface area contributed by atoms with Crippen LogP contribution in [0.1, 0.15) is 5.56 Å². The van der Waals surface area contributed by atoms with Gasteiger partial charge in [0.2, 0.25) is 10.0 Å². The Hall–Kier alpha value is -2.38. The first-order valence-corrected chi connectivity index (χ1v) is 9.03. The standard InChI is InChI=1S/C17H18N2O4S/c1-13-7-9-16(10-8-13)24(21,22)18-11-15-12-19(17(20)23-15)14-5-3-2-4-6-14/h2-10,15,18H,11-12H2,1H3/t15-/m1/s1. The van der Waals surface area contributed by atoms with Crippen molar-refractivity contribution in [2.45, 2.75) is 17.9 Å². The lowest BCUT2D eigenvalue weighted by atomic mass is 10.2. The van der Waals surface area contributed by atoms with E-state index >= 15 is 0 Å². The summed E-state index contributed by atoms with van der Waals surface area (Å²) in [5.74, 6) is 0. The molecule has 0 radical (unpaired) electrons. The van der Waals surface area contributed by atoms with E-state index in [1.807, 2.05) is 25.1 Å². The molecule has 6 nitrogen and oxygen atoms in total. The summed E-state index contributed by atoms with van der Waals surface area (Å²) in [6, 6.07) is 15.7. The van der Waals surface area contributed by atoms with Gasteiger partial charge in [-0.1, -0.05) is 35.9 Å². The third-order valence-electron chi connectivity index (χ3n) is 3.77. The van der Waals surface area contributed by atoms with E-state index in [4.69, 9.17) is 4.74 Å². The third-order valence-corrected chi connectivity index (χ3v) is 5.21. The van der Waals surface area contributed by atoms with Gasteiger partial charge >= 0.3 is 6.09 Å². The number of amides is 1. The smallest absolute Gasteiger partial charge is 0.414 e. The van der Waals surface area contributed by atoms with E-state index in [0.29, 0.717) is 6.54 Å². The molecule has 1 aliphatic rings. The number of nitrogens with zero attached hydrogens (tertiary/aromatic N) is 1. The molecule has 0 saturated carbocycles. The van der Waals surface area contributed by atoms with Crippen molar-refractivity contribution in [2.24, 2.45) is 0 Å². The van der Waals surface area contributed by atoms with Crippen molar-refractivity contribution in [1.29, 1.82) is 0 Å². The molecule has 1 saturated heterocycles. The molecule has 1 fully saturated rings. The monoisotopic (exact) mass is 346 g/mol. The molecule has 3 rings (SSSR count). The summed E-state index contributed by atoms with van der Waals surface area (Å²) in [5.41, 5.74) is 1.71. The lowest BCUT2D eigenvalue weighted by molar-refractivity contribution is 0.143. The third kappa shape index (κ3) is 3.58. The highest BCUT2D eigenvalue weighted by Gasteiger charge is 2.33. The Kier molecular flexibility index (Phi) is 4.55. The normalized spacial score (nSPS) is 17.8. The number of nitrogens with one attached hydrogen (secondary N) is 1. The first-order chi connectivity index (χ1) is 11.5. The van der Waals surface area contributed by atoms with Gasteiger partial charge in [-0.15, -0.1) is 0 Å². The van der Waals surface area contributed by atoms with E-state index < -0.39 is 22.2 Å². The second-order valence-corrected chi connectivity index (χ2v) is 7.38.